The van der Waals surface area contributed by atoms with Crippen LogP contribution in [0.4, 0.5) is 0 Å². The van der Waals surface area contributed by atoms with Gasteiger partial charge in [0.15, 0.2) is 0 Å². The number of hydrogen-bond acceptors (Lipinski definition) is 2. The maximum absolute atomic E-state index is 6.21. The van der Waals surface area contributed by atoms with Crippen molar-refractivity contribution in [2.24, 2.45) is 5.73 Å². The molecule has 0 aliphatic heterocycles. The van der Waals surface area contributed by atoms with Gasteiger partial charge in [-0.2, -0.15) is 0 Å². The number of allylic oxidation sites excluding steroid dienone is 1. The van der Waals surface area contributed by atoms with Crippen LogP contribution in [0.5, 0.6) is 0 Å². The minimum atomic E-state index is 0.0957. The maximum Gasteiger partial charge on any atom is 0.0298 e. The Hall–Kier alpha value is -0.340. The molecule has 0 saturated carbocycles. The fraction of sp³-hybridized carbons (Fsp3) is 0.846. The summed E-state index contributed by atoms with van der Waals surface area (Å²) in [6.07, 6.45) is 7.98. The Balaban J connectivity index is 3.73. The predicted octanol–water partition coefficient (Wildman–Crippen LogP) is 2.79. The average Bonchev–Trinajstić information content (AvgIpc) is 2.16. The molecule has 0 rings (SSSR count). The lowest BCUT2D eigenvalue weighted by atomic mass is 9.90. The molecule has 0 radical (unpaired) electrons. The van der Waals surface area contributed by atoms with Gasteiger partial charge in [0.1, 0.15) is 0 Å². The van der Waals surface area contributed by atoms with Gasteiger partial charge in [0.05, 0.1) is 0 Å². The molecule has 2 heteroatoms. The number of likely N-dealkylation sites (N-methyl/N-ethyl adjacent to an activating group) is 1. The zero-order valence-corrected chi connectivity index (χ0v) is 10.9. The zero-order valence-electron chi connectivity index (χ0n) is 10.9. The smallest absolute Gasteiger partial charge is 0.0298 e. The van der Waals surface area contributed by atoms with Gasteiger partial charge in [-0.1, -0.05) is 18.9 Å². The summed E-state index contributed by atoms with van der Waals surface area (Å²) in [6, 6.07) is 0.260. The third kappa shape index (κ3) is 5.33. The summed E-state index contributed by atoms with van der Waals surface area (Å²) >= 11 is 0. The summed E-state index contributed by atoms with van der Waals surface area (Å²) in [4.78, 5) is 2.21. The summed E-state index contributed by atoms with van der Waals surface area (Å²) in [5.41, 5.74) is 6.30. The lowest BCUT2D eigenvalue weighted by molar-refractivity contribution is 0.151. The van der Waals surface area contributed by atoms with Gasteiger partial charge in [-0.3, -0.25) is 0 Å². The van der Waals surface area contributed by atoms with Crippen LogP contribution < -0.4 is 5.73 Å². The molecule has 0 aromatic carbocycles. The minimum absolute atomic E-state index is 0.0957. The van der Waals surface area contributed by atoms with E-state index in [1.54, 1.807) is 0 Å². The van der Waals surface area contributed by atoms with Crippen molar-refractivity contribution >= 4 is 0 Å². The Morgan fingerprint density at radius 3 is 2.33 bits per heavy atom. The van der Waals surface area contributed by atoms with Crippen LogP contribution in [0.25, 0.3) is 0 Å². The number of unbranched alkanes of at least 4 members (excludes halogenated alkanes) is 3. The van der Waals surface area contributed by atoms with Crippen LogP contribution in [0.15, 0.2) is 12.7 Å². The van der Waals surface area contributed by atoms with E-state index < -0.39 is 0 Å². The first-order valence-electron chi connectivity index (χ1n) is 5.96. The van der Waals surface area contributed by atoms with Gasteiger partial charge in [0, 0.05) is 11.6 Å². The molecule has 0 fully saturated rings. The second-order valence-corrected chi connectivity index (χ2v) is 5.08. The van der Waals surface area contributed by atoms with E-state index in [0.717, 1.165) is 12.8 Å². The number of nitrogens with zero attached hydrogens (tertiary/aromatic N) is 1. The van der Waals surface area contributed by atoms with Crippen LogP contribution in [0.3, 0.4) is 0 Å². The van der Waals surface area contributed by atoms with Crippen molar-refractivity contribution < 1.29 is 0 Å². The van der Waals surface area contributed by atoms with Crippen LogP contribution >= 0.6 is 0 Å². The van der Waals surface area contributed by atoms with E-state index in [4.69, 9.17) is 5.73 Å². The molecular weight excluding hydrogens is 184 g/mol. The van der Waals surface area contributed by atoms with Crippen molar-refractivity contribution in [2.45, 2.75) is 57.5 Å². The Morgan fingerprint density at radius 2 is 1.87 bits per heavy atom. The van der Waals surface area contributed by atoms with Gasteiger partial charge >= 0.3 is 0 Å². The first kappa shape index (κ1) is 14.7. The first-order chi connectivity index (χ1) is 6.92. The van der Waals surface area contributed by atoms with Gasteiger partial charge in [0.25, 0.3) is 0 Å². The van der Waals surface area contributed by atoms with Gasteiger partial charge in [-0.05, 0) is 47.2 Å². The van der Waals surface area contributed by atoms with Crippen LogP contribution in [0, 0.1) is 0 Å². The van der Waals surface area contributed by atoms with Gasteiger partial charge in [-0.15, -0.1) is 6.58 Å². The van der Waals surface area contributed by atoms with Gasteiger partial charge in [-0.25, -0.2) is 0 Å². The fourth-order valence-electron chi connectivity index (χ4n) is 1.51. The Bertz CT molecular complexity index is 173. The van der Waals surface area contributed by atoms with Crippen molar-refractivity contribution in [3.63, 3.8) is 0 Å². The highest BCUT2D eigenvalue weighted by Gasteiger charge is 2.27. The van der Waals surface area contributed by atoms with Crippen molar-refractivity contribution in [1.82, 2.24) is 4.90 Å². The third-order valence-corrected chi connectivity index (χ3v) is 3.48. The summed E-state index contributed by atoms with van der Waals surface area (Å²) < 4.78 is 0. The summed E-state index contributed by atoms with van der Waals surface area (Å²) in [5.74, 6) is 0. The normalized spacial score (nSPS) is 14.3. The largest absolute Gasteiger partial charge is 0.326 e. The van der Waals surface area contributed by atoms with E-state index in [9.17, 15) is 0 Å². The Labute approximate surface area is 95.5 Å². The van der Waals surface area contributed by atoms with Crippen LogP contribution in [-0.4, -0.2) is 30.6 Å². The van der Waals surface area contributed by atoms with E-state index in [2.05, 4.69) is 39.4 Å². The maximum atomic E-state index is 6.21. The van der Waals surface area contributed by atoms with E-state index in [1.165, 1.54) is 19.3 Å². The predicted molar refractivity (Wildman–Crippen MR) is 69.0 cm³/mol. The highest BCUT2D eigenvalue weighted by molar-refractivity contribution is 4.88. The van der Waals surface area contributed by atoms with E-state index >= 15 is 0 Å². The summed E-state index contributed by atoms with van der Waals surface area (Å²) in [6.45, 7) is 8.14. The number of hydrogen-bond donors (Lipinski definition) is 1. The molecule has 0 heterocycles. The molecule has 0 aliphatic rings. The topological polar surface area (TPSA) is 29.3 Å². The number of rotatable bonds is 8. The minimum Gasteiger partial charge on any atom is -0.326 e. The van der Waals surface area contributed by atoms with Crippen molar-refractivity contribution in [2.75, 3.05) is 14.1 Å². The Morgan fingerprint density at radius 1 is 1.27 bits per heavy atom. The lowest BCUT2D eigenvalue weighted by Gasteiger charge is -2.38. The molecule has 1 unspecified atom stereocenters. The highest BCUT2D eigenvalue weighted by atomic mass is 15.2. The molecule has 0 aliphatic carbocycles. The fourth-order valence-corrected chi connectivity index (χ4v) is 1.51. The van der Waals surface area contributed by atoms with Crippen molar-refractivity contribution in [3.05, 3.63) is 12.7 Å². The molecular formula is C13H28N2. The molecule has 0 bridgehead atoms. The molecule has 15 heavy (non-hydrogen) atoms. The van der Waals surface area contributed by atoms with Crippen molar-refractivity contribution in [1.29, 1.82) is 0 Å². The molecule has 2 N–H and O–H groups in total. The van der Waals surface area contributed by atoms with E-state index in [1.807, 2.05) is 6.08 Å². The highest BCUT2D eigenvalue weighted by Crippen LogP contribution is 2.18. The van der Waals surface area contributed by atoms with Crippen LogP contribution in [0.2, 0.25) is 0 Å². The second-order valence-electron chi connectivity index (χ2n) is 5.08. The number of nitrogens with two attached hydrogens (primary N) is 1. The molecule has 0 aromatic rings. The van der Waals surface area contributed by atoms with Crippen molar-refractivity contribution in [3.8, 4) is 0 Å². The quantitative estimate of drug-likeness (QED) is 0.495. The lowest BCUT2D eigenvalue weighted by Crippen LogP contribution is -2.52. The molecule has 0 aromatic heterocycles. The molecule has 90 valence electrons. The SMILES string of the molecule is C=CCCCCCC(N)C(C)(C)N(C)C. The monoisotopic (exact) mass is 212 g/mol. The first-order valence-corrected chi connectivity index (χ1v) is 5.96. The van der Waals surface area contributed by atoms with Gasteiger partial charge < -0.3 is 10.6 Å². The zero-order chi connectivity index (χ0) is 11.9. The van der Waals surface area contributed by atoms with Crippen LogP contribution in [-0.2, 0) is 0 Å². The molecule has 0 saturated heterocycles. The van der Waals surface area contributed by atoms with E-state index in [0.29, 0.717) is 0 Å². The second kappa shape index (κ2) is 7.02. The third-order valence-electron chi connectivity index (χ3n) is 3.48. The molecule has 0 amide bonds. The molecule has 0 spiro atoms. The average molecular weight is 212 g/mol. The molecule has 2 nitrogen and oxygen atoms in total. The Kier molecular flexibility index (Phi) is 6.86. The summed E-state index contributed by atoms with van der Waals surface area (Å²) in [5, 5.41) is 0. The summed E-state index contributed by atoms with van der Waals surface area (Å²) in [7, 11) is 4.19. The standard InChI is InChI=1S/C13H28N2/c1-6-7-8-9-10-11-12(14)13(2,3)15(4)5/h6,12H,1,7-11,14H2,2-5H3. The van der Waals surface area contributed by atoms with Gasteiger partial charge in [0.2, 0.25) is 0 Å². The van der Waals surface area contributed by atoms with Crippen LogP contribution in [0.1, 0.15) is 46.0 Å². The van der Waals surface area contributed by atoms with E-state index in [-0.39, 0.29) is 11.6 Å². The molecule has 1 atom stereocenters.